The van der Waals surface area contributed by atoms with Crippen molar-refractivity contribution in [3.63, 3.8) is 0 Å². The first-order valence-corrected chi connectivity index (χ1v) is 12.6. The number of hydrogen-bond acceptors (Lipinski definition) is 2. The van der Waals surface area contributed by atoms with Crippen LogP contribution in [-0.2, 0) is 13.5 Å². The molecule has 2 aromatic carbocycles. The van der Waals surface area contributed by atoms with Crippen LogP contribution in [0.1, 0.15) is 62.4 Å². The minimum absolute atomic E-state index is 0.313. The molecule has 1 N–H and O–H groups in total. The summed E-state index contributed by atoms with van der Waals surface area (Å²) in [6.07, 6.45) is 15.7. The van der Waals surface area contributed by atoms with Gasteiger partial charge in [-0.2, -0.15) is 0 Å². The predicted octanol–water partition coefficient (Wildman–Crippen LogP) is 8.12. The van der Waals surface area contributed by atoms with Gasteiger partial charge in [0.25, 0.3) is 0 Å². The quantitative estimate of drug-likeness (QED) is 0.361. The number of hydrogen-bond donors (Lipinski definition) is 1. The van der Waals surface area contributed by atoms with Gasteiger partial charge in [-0.05, 0) is 72.4 Å². The number of unbranched alkanes of at least 4 members (excludes halogenated alkanes) is 1. The lowest BCUT2D eigenvalue weighted by Crippen LogP contribution is -2.01. The molecular weight excluding hydrogens is 434 g/mol. The van der Waals surface area contributed by atoms with Crippen molar-refractivity contribution in [1.29, 1.82) is 0 Å². The highest BCUT2D eigenvalue weighted by atomic mass is 16.5. The largest absolute Gasteiger partial charge is 0.489 e. The van der Waals surface area contributed by atoms with Crippen LogP contribution in [0.2, 0.25) is 0 Å². The Kier molecular flexibility index (Phi) is 9.54. The molecule has 35 heavy (non-hydrogen) atoms. The van der Waals surface area contributed by atoms with E-state index in [-0.39, 0.29) is 0 Å². The molecule has 0 atom stereocenters. The fourth-order valence-electron chi connectivity index (χ4n) is 4.24. The maximum Gasteiger partial charge on any atom is 0.335 e. The van der Waals surface area contributed by atoms with Gasteiger partial charge in [0.05, 0.1) is 11.3 Å². The molecule has 0 saturated heterocycles. The maximum absolute atomic E-state index is 11.5. The average molecular weight is 472 g/mol. The number of carboxylic acids is 1. The smallest absolute Gasteiger partial charge is 0.335 e. The molecule has 0 fully saturated rings. The first-order chi connectivity index (χ1) is 17.0. The zero-order valence-corrected chi connectivity index (χ0v) is 21.4. The minimum atomic E-state index is -0.902. The Balaban J connectivity index is 0.00000108. The third kappa shape index (κ3) is 6.54. The van der Waals surface area contributed by atoms with Gasteiger partial charge in [-0.3, -0.25) is 0 Å². The first-order valence-electron chi connectivity index (χ1n) is 12.6. The maximum atomic E-state index is 11.5. The van der Waals surface area contributed by atoms with Crippen LogP contribution in [0.3, 0.4) is 0 Å². The third-order valence-corrected chi connectivity index (χ3v) is 5.96. The summed E-state index contributed by atoms with van der Waals surface area (Å²) in [5, 5.41) is 10.6. The Labute approximate surface area is 209 Å². The first kappa shape index (κ1) is 26.1. The van der Waals surface area contributed by atoms with Gasteiger partial charge in [-0.25, -0.2) is 4.79 Å². The van der Waals surface area contributed by atoms with E-state index in [1.807, 2.05) is 37.4 Å². The Morgan fingerprint density at radius 1 is 1.03 bits per heavy atom. The van der Waals surface area contributed by atoms with E-state index in [0.717, 1.165) is 53.6 Å². The normalized spacial score (nSPS) is 12.6. The Hall–Kier alpha value is -3.53. The summed E-state index contributed by atoms with van der Waals surface area (Å²) in [4.78, 5) is 11.5. The van der Waals surface area contributed by atoms with Crippen LogP contribution in [0.5, 0.6) is 5.75 Å². The molecule has 0 aliphatic heterocycles. The summed E-state index contributed by atoms with van der Waals surface area (Å²) in [5.74, 6) is -0.0603. The van der Waals surface area contributed by atoms with Crippen LogP contribution in [0.25, 0.3) is 22.2 Å². The Morgan fingerprint density at radius 3 is 2.46 bits per heavy atom. The highest BCUT2D eigenvalue weighted by Crippen LogP contribution is 2.35. The number of benzene rings is 2. The van der Waals surface area contributed by atoms with Gasteiger partial charge < -0.3 is 14.4 Å². The van der Waals surface area contributed by atoms with Crippen molar-refractivity contribution < 1.29 is 14.6 Å². The number of ether oxygens (including phenoxy) is 1. The number of nitrogens with zero attached hydrogens (tertiary/aromatic N) is 1. The van der Waals surface area contributed by atoms with Crippen molar-refractivity contribution in [2.24, 2.45) is 7.05 Å². The van der Waals surface area contributed by atoms with E-state index in [9.17, 15) is 9.90 Å². The van der Waals surface area contributed by atoms with Gasteiger partial charge >= 0.3 is 5.97 Å². The Bertz CT molecular complexity index is 1230. The van der Waals surface area contributed by atoms with Gasteiger partial charge in [0.15, 0.2) is 0 Å². The standard InChI is InChI=1S/C28H29NO3.C3H8/c1-3-4-11-25-24-17-14-22(28(30)31)18-26(24)29(2)27(25)21-12-15-23(16-13-21)32-19-20-9-7-5-6-8-10-20;1-3-2/h5-9,12-18H,3-4,10-11,19H2,1-2H3,(H,30,31);3H2,1-2H3. The van der Waals surface area contributed by atoms with E-state index in [1.54, 1.807) is 12.1 Å². The van der Waals surface area contributed by atoms with Crippen molar-refractivity contribution >= 4 is 16.9 Å². The number of rotatable bonds is 8. The molecule has 0 unspecified atom stereocenters. The molecule has 0 amide bonds. The summed E-state index contributed by atoms with van der Waals surface area (Å²) in [6, 6.07) is 13.7. The van der Waals surface area contributed by atoms with Crippen molar-refractivity contribution in [2.75, 3.05) is 6.61 Å². The molecule has 1 aliphatic carbocycles. The summed E-state index contributed by atoms with van der Waals surface area (Å²) < 4.78 is 8.13. The van der Waals surface area contributed by atoms with Crippen LogP contribution >= 0.6 is 0 Å². The lowest BCUT2D eigenvalue weighted by Gasteiger charge is -2.11. The number of aromatic carboxylic acids is 1. The molecule has 1 aliphatic rings. The number of aryl methyl sites for hydroxylation is 2. The van der Waals surface area contributed by atoms with Gasteiger partial charge in [0.1, 0.15) is 12.4 Å². The lowest BCUT2D eigenvalue weighted by molar-refractivity contribution is 0.0697. The van der Waals surface area contributed by atoms with E-state index in [4.69, 9.17) is 4.74 Å². The molecule has 0 spiro atoms. The molecule has 1 aromatic heterocycles. The van der Waals surface area contributed by atoms with E-state index in [1.165, 1.54) is 17.6 Å². The van der Waals surface area contributed by atoms with Crippen LogP contribution in [-0.4, -0.2) is 22.2 Å². The summed E-state index contributed by atoms with van der Waals surface area (Å²) >= 11 is 0. The lowest BCUT2D eigenvalue weighted by atomic mass is 10.00. The van der Waals surface area contributed by atoms with E-state index < -0.39 is 5.97 Å². The van der Waals surface area contributed by atoms with Crippen LogP contribution in [0.4, 0.5) is 0 Å². The van der Waals surface area contributed by atoms with Gasteiger partial charge in [0, 0.05) is 18.0 Å². The molecule has 184 valence electrons. The summed E-state index contributed by atoms with van der Waals surface area (Å²) in [6.45, 7) is 7.01. The van der Waals surface area contributed by atoms with Crippen LogP contribution < -0.4 is 4.74 Å². The van der Waals surface area contributed by atoms with E-state index in [0.29, 0.717) is 12.2 Å². The molecule has 3 aromatic rings. The van der Waals surface area contributed by atoms with Gasteiger partial charge in [-0.1, -0.05) is 70.1 Å². The van der Waals surface area contributed by atoms with Crippen molar-refractivity contribution in [3.8, 4) is 17.0 Å². The monoisotopic (exact) mass is 471 g/mol. The molecule has 0 radical (unpaired) electrons. The summed E-state index contributed by atoms with van der Waals surface area (Å²) in [7, 11) is 2.02. The fourth-order valence-corrected chi connectivity index (χ4v) is 4.24. The SMILES string of the molecule is CCC.CCCCc1c(-c2ccc(OCC3=CC=CC=CC3)cc2)n(C)c2cc(C(=O)O)ccc12. The third-order valence-electron chi connectivity index (χ3n) is 5.96. The van der Waals surface area contributed by atoms with E-state index >= 15 is 0 Å². The predicted molar refractivity (Wildman–Crippen MR) is 146 cm³/mol. The highest BCUT2D eigenvalue weighted by molar-refractivity contribution is 5.97. The second kappa shape index (κ2) is 12.8. The molecule has 4 nitrogen and oxygen atoms in total. The number of carbonyl (C=O) groups is 1. The van der Waals surface area contributed by atoms with Crippen molar-refractivity contribution in [1.82, 2.24) is 4.57 Å². The highest BCUT2D eigenvalue weighted by Gasteiger charge is 2.18. The summed E-state index contributed by atoms with van der Waals surface area (Å²) in [5.41, 5.74) is 6.03. The van der Waals surface area contributed by atoms with Crippen molar-refractivity contribution in [2.45, 2.75) is 52.9 Å². The van der Waals surface area contributed by atoms with Crippen LogP contribution in [0.15, 0.2) is 78.4 Å². The second-order valence-electron chi connectivity index (χ2n) is 8.89. The van der Waals surface area contributed by atoms with Gasteiger partial charge in [-0.15, -0.1) is 0 Å². The molecule has 4 heteroatoms. The van der Waals surface area contributed by atoms with Crippen molar-refractivity contribution in [3.05, 3.63) is 89.5 Å². The van der Waals surface area contributed by atoms with E-state index in [2.05, 4.69) is 55.7 Å². The van der Waals surface area contributed by atoms with Crippen LogP contribution in [0, 0.1) is 0 Å². The fraction of sp³-hybridized carbons (Fsp3) is 0.323. The number of aromatic nitrogens is 1. The number of allylic oxidation sites excluding steroid dienone is 5. The number of carboxylic acid groups (broad SMARTS) is 1. The molecular formula is C31H37NO3. The minimum Gasteiger partial charge on any atom is -0.489 e. The zero-order valence-electron chi connectivity index (χ0n) is 21.4. The molecule has 1 heterocycles. The average Bonchev–Trinajstić information content (AvgIpc) is 3.00. The topological polar surface area (TPSA) is 51.5 Å². The Morgan fingerprint density at radius 2 is 1.77 bits per heavy atom. The molecule has 0 bridgehead atoms. The number of fused-ring (bicyclic) bond motifs is 1. The zero-order chi connectivity index (χ0) is 25.2. The molecule has 0 saturated carbocycles. The molecule has 4 rings (SSSR count). The second-order valence-corrected chi connectivity index (χ2v) is 8.89. The van der Waals surface area contributed by atoms with Gasteiger partial charge in [0.2, 0.25) is 0 Å².